The summed E-state index contributed by atoms with van der Waals surface area (Å²) in [5.74, 6) is -14.1. The fourth-order valence-corrected chi connectivity index (χ4v) is 3.02. The molecule has 116 valence electrons. The first-order chi connectivity index (χ1) is 9.49. The molecule has 0 aliphatic rings. The number of benzene rings is 1. The Balaban J connectivity index is 3.21. The van der Waals surface area contributed by atoms with Gasteiger partial charge in [-0.05, 0) is 13.8 Å². The number of ether oxygens (including phenoxy) is 1. The Morgan fingerprint density at radius 2 is 1.43 bits per heavy atom. The van der Waals surface area contributed by atoms with Gasteiger partial charge >= 0.3 is 5.97 Å². The summed E-state index contributed by atoms with van der Waals surface area (Å²) < 4.78 is 68.4. The highest BCUT2D eigenvalue weighted by Gasteiger charge is 2.35. The van der Waals surface area contributed by atoms with Crippen LogP contribution < -0.4 is 4.74 Å². The molecule has 0 amide bonds. The molecule has 0 N–H and O–H groups in total. The molecule has 0 spiro atoms. The summed E-state index contributed by atoms with van der Waals surface area (Å²) in [5.41, 5.74) is 0. The predicted octanol–water partition coefficient (Wildman–Crippen LogP) is 4.01. The number of halogens is 5. The highest BCUT2D eigenvalue weighted by molar-refractivity contribution is 8.42. The number of carbonyl (C=O) groups excluding carboxylic acids is 1. The summed E-state index contributed by atoms with van der Waals surface area (Å²) in [6.07, 6.45) is 0. The van der Waals surface area contributed by atoms with Crippen LogP contribution in [-0.2, 0) is 4.79 Å². The van der Waals surface area contributed by atoms with E-state index in [-0.39, 0.29) is 3.53 Å². The molecule has 0 heterocycles. The normalized spacial score (nSPS) is 11.4. The first kappa shape index (κ1) is 18.2. The van der Waals surface area contributed by atoms with Crippen LogP contribution in [0.25, 0.3) is 0 Å². The van der Waals surface area contributed by atoms with Crippen LogP contribution in [0.15, 0.2) is 0 Å². The molecule has 2 nitrogen and oxygen atoms in total. The molecule has 10 heteroatoms. The highest BCUT2D eigenvalue weighted by Crippen LogP contribution is 2.33. The number of hydrogen-bond acceptors (Lipinski definition) is 4. The van der Waals surface area contributed by atoms with Crippen LogP contribution in [0.4, 0.5) is 22.0 Å². The molecule has 1 rings (SSSR count). The Kier molecular flexibility index (Phi) is 5.62. The van der Waals surface area contributed by atoms with Crippen LogP contribution in [0.2, 0.25) is 0 Å². The molecule has 21 heavy (non-hydrogen) atoms. The molecule has 1 aromatic carbocycles. The molecule has 0 atom stereocenters. The van der Waals surface area contributed by atoms with Crippen LogP contribution in [0.5, 0.6) is 5.75 Å². The van der Waals surface area contributed by atoms with Crippen molar-refractivity contribution >= 4 is 46.1 Å². The van der Waals surface area contributed by atoms with Crippen molar-refractivity contribution in [1.29, 1.82) is 0 Å². The second-order valence-electron chi connectivity index (χ2n) is 4.17. The second kappa shape index (κ2) is 6.49. The Morgan fingerprint density at radius 1 is 1.05 bits per heavy atom. The lowest BCUT2D eigenvalue weighted by atomic mass is 10.2. The summed E-state index contributed by atoms with van der Waals surface area (Å²) in [6, 6.07) is 0. The Bertz CT molecular complexity index is 589. The molecule has 0 bridgehead atoms. The van der Waals surface area contributed by atoms with Crippen LogP contribution in [0.3, 0.4) is 0 Å². The van der Waals surface area contributed by atoms with Crippen molar-refractivity contribution in [2.24, 2.45) is 0 Å². The van der Waals surface area contributed by atoms with Gasteiger partial charge in [-0.15, -0.1) is 12.6 Å². The number of esters is 1. The number of rotatable bonds is 3. The van der Waals surface area contributed by atoms with Crippen LogP contribution >= 0.6 is 36.6 Å². The minimum atomic E-state index is -2.34. The third-order valence-electron chi connectivity index (χ3n) is 2.20. The lowest BCUT2D eigenvalue weighted by Crippen LogP contribution is -2.33. The standard InChI is InChI=1S/C11H7F5O2S3/c1-11(2,21-10(19)20)9(17)18-8-6(15)4(13)3(12)5(14)7(8)16/h1-2H3,(H,19,20). The average molecular weight is 362 g/mol. The molecule has 0 saturated carbocycles. The zero-order chi connectivity index (χ0) is 16.5. The minimum absolute atomic E-state index is 0.0364. The van der Waals surface area contributed by atoms with E-state index in [1.54, 1.807) is 0 Å². The first-order valence-corrected chi connectivity index (χ1v) is 6.82. The van der Waals surface area contributed by atoms with Crippen LogP contribution in [-0.4, -0.2) is 14.2 Å². The van der Waals surface area contributed by atoms with Crippen molar-refractivity contribution in [3.63, 3.8) is 0 Å². The van der Waals surface area contributed by atoms with Gasteiger partial charge in [0.25, 0.3) is 0 Å². The van der Waals surface area contributed by atoms with Crippen molar-refractivity contribution in [2.45, 2.75) is 18.6 Å². The van der Waals surface area contributed by atoms with Gasteiger partial charge in [-0.3, -0.25) is 4.79 Å². The maximum Gasteiger partial charge on any atom is 0.327 e. The van der Waals surface area contributed by atoms with E-state index in [0.29, 0.717) is 0 Å². The second-order valence-corrected chi connectivity index (χ2v) is 7.52. The first-order valence-electron chi connectivity index (χ1n) is 5.14. The van der Waals surface area contributed by atoms with Gasteiger partial charge in [0, 0.05) is 0 Å². The molecular weight excluding hydrogens is 355 g/mol. The zero-order valence-electron chi connectivity index (χ0n) is 10.5. The summed E-state index contributed by atoms with van der Waals surface area (Å²) in [7, 11) is 0. The van der Waals surface area contributed by atoms with Gasteiger partial charge in [0.1, 0.15) is 8.28 Å². The Labute approximate surface area is 131 Å². The van der Waals surface area contributed by atoms with Crippen LogP contribution in [0, 0.1) is 29.1 Å². The minimum Gasteiger partial charge on any atom is -0.419 e. The van der Waals surface area contributed by atoms with E-state index in [9.17, 15) is 26.7 Å². The number of thiocarbonyl (C=S) groups is 1. The molecule has 0 aliphatic heterocycles. The van der Waals surface area contributed by atoms with Gasteiger partial charge in [-0.1, -0.05) is 24.0 Å². The highest BCUT2D eigenvalue weighted by atomic mass is 32.2. The van der Waals surface area contributed by atoms with Crippen molar-refractivity contribution < 1.29 is 31.5 Å². The van der Waals surface area contributed by atoms with Gasteiger partial charge in [-0.25, -0.2) is 13.2 Å². The number of hydrogen-bond donors (Lipinski definition) is 1. The third-order valence-corrected chi connectivity index (χ3v) is 3.57. The lowest BCUT2D eigenvalue weighted by Gasteiger charge is -2.21. The fraction of sp³-hybridized carbons (Fsp3) is 0.273. The van der Waals surface area contributed by atoms with Gasteiger partial charge < -0.3 is 4.74 Å². The molecule has 0 saturated heterocycles. The van der Waals surface area contributed by atoms with Gasteiger partial charge in [0.2, 0.25) is 34.8 Å². The summed E-state index contributed by atoms with van der Waals surface area (Å²) in [4.78, 5) is 11.8. The van der Waals surface area contributed by atoms with E-state index in [0.717, 1.165) is 11.8 Å². The van der Waals surface area contributed by atoms with E-state index in [1.807, 2.05) is 0 Å². The van der Waals surface area contributed by atoms with E-state index in [4.69, 9.17) is 0 Å². The summed E-state index contributed by atoms with van der Waals surface area (Å²) in [6.45, 7) is 2.57. The van der Waals surface area contributed by atoms with Gasteiger partial charge in [0.05, 0.1) is 0 Å². The predicted molar refractivity (Wildman–Crippen MR) is 75.1 cm³/mol. The maximum atomic E-state index is 13.4. The Morgan fingerprint density at radius 3 is 1.81 bits per heavy atom. The summed E-state index contributed by atoms with van der Waals surface area (Å²) >= 11 is 9.13. The molecule has 0 aromatic heterocycles. The van der Waals surface area contributed by atoms with E-state index < -0.39 is 45.6 Å². The molecule has 1 aromatic rings. The molecular formula is C11H7F5O2S3. The SMILES string of the molecule is CC(C)(SC(=S)S)C(=O)Oc1c(F)c(F)c(F)c(F)c1F. The molecule has 0 fully saturated rings. The summed E-state index contributed by atoms with van der Waals surface area (Å²) in [5, 5.41) is 0. The maximum absolute atomic E-state index is 13.4. The van der Waals surface area contributed by atoms with Crippen molar-refractivity contribution in [3.05, 3.63) is 29.1 Å². The quantitative estimate of drug-likeness (QED) is 0.167. The van der Waals surface area contributed by atoms with E-state index in [2.05, 4.69) is 29.6 Å². The molecule has 0 aliphatic carbocycles. The number of thiol groups is 1. The van der Waals surface area contributed by atoms with Crippen molar-refractivity contribution in [2.75, 3.05) is 0 Å². The number of thioether (sulfide) groups is 1. The van der Waals surface area contributed by atoms with Gasteiger partial charge in [-0.2, -0.15) is 8.78 Å². The van der Waals surface area contributed by atoms with E-state index >= 15 is 0 Å². The van der Waals surface area contributed by atoms with Crippen LogP contribution in [0.1, 0.15) is 13.8 Å². The monoisotopic (exact) mass is 362 g/mol. The smallest absolute Gasteiger partial charge is 0.327 e. The number of carbonyl (C=O) groups is 1. The topological polar surface area (TPSA) is 26.3 Å². The van der Waals surface area contributed by atoms with E-state index in [1.165, 1.54) is 13.8 Å². The Hall–Kier alpha value is -0.870. The fourth-order valence-electron chi connectivity index (χ4n) is 1.15. The lowest BCUT2D eigenvalue weighted by molar-refractivity contribution is -0.136. The third kappa shape index (κ3) is 3.86. The van der Waals surface area contributed by atoms with Crippen molar-refractivity contribution in [3.8, 4) is 5.75 Å². The van der Waals surface area contributed by atoms with Crippen molar-refractivity contribution in [1.82, 2.24) is 0 Å². The largest absolute Gasteiger partial charge is 0.419 e. The van der Waals surface area contributed by atoms with Gasteiger partial charge in [0.15, 0.2) is 0 Å². The average Bonchev–Trinajstić information content (AvgIpc) is 2.37. The molecule has 0 unspecified atom stereocenters. The zero-order valence-corrected chi connectivity index (χ0v) is 13.0. The molecule has 0 radical (unpaired) electrons.